The average molecular weight is 246 g/mol. The van der Waals surface area contributed by atoms with Crippen LogP contribution in [0, 0.1) is 5.92 Å². The lowest BCUT2D eigenvalue weighted by Crippen LogP contribution is -2.34. The first-order valence-corrected chi connectivity index (χ1v) is 6.66. The molecule has 0 aromatic heterocycles. The molecule has 1 aliphatic heterocycles. The first-order valence-electron chi connectivity index (χ1n) is 6.66. The van der Waals surface area contributed by atoms with Crippen LogP contribution in [0.5, 0.6) is 0 Å². The highest BCUT2D eigenvalue weighted by atomic mass is 16.6. The monoisotopic (exact) mass is 246 g/mol. The van der Waals surface area contributed by atoms with Gasteiger partial charge in [0, 0.05) is 11.5 Å². The van der Waals surface area contributed by atoms with Gasteiger partial charge in [0.05, 0.1) is 25.9 Å². The van der Waals surface area contributed by atoms with Crippen LogP contribution in [0.1, 0.15) is 28.8 Å². The Morgan fingerprint density at radius 3 is 2.94 bits per heavy atom. The van der Waals surface area contributed by atoms with Gasteiger partial charge in [-0.2, -0.15) is 0 Å². The Labute approximate surface area is 107 Å². The van der Waals surface area contributed by atoms with Crippen LogP contribution in [0.2, 0.25) is 0 Å². The molecule has 0 saturated carbocycles. The first-order chi connectivity index (χ1) is 8.84. The Morgan fingerprint density at radius 2 is 2.11 bits per heavy atom. The highest BCUT2D eigenvalue weighted by Gasteiger charge is 2.30. The fourth-order valence-corrected chi connectivity index (χ4v) is 2.87. The Hall–Kier alpha value is -1.19. The number of hydrogen-bond donors (Lipinski definition) is 0. The molecule has 0 unspecified atom stereocenters. The summed E-state index contributed by atoms with van der Waals surface area (Å²) in [6, 6.07) is 7.95. The van der Waals surface area contributed by atoms with E-state index in [1.54, 1.807) is 0 Å². The minimum atomic E-state index is 0.0953. The van der Waals surface area contributed by atoms with Crippen molar-refractivity contribution in [1.82, 2.24) is 0 Å². The maximum absolute atomic E-state index is 12.4. The summed E-state index contributed by atoms with van der Waals surface area (Å²) in [4.78, 5) is 12.4. The lowest BCUT2D eigenvalue weighted by atomic mass is 9.80. The molecule has 3 nitrogen and oxygen atoms in total. The van der Waals surface area contributed by atoms with E-state index < -0.39 is 0 Å². The largest absolute Gasteiger partial charge is 0.376 e. The average Bonchev–Trinajstić information content (AvgIpc) is 2.43. The summed E-state index contributed by atoms with van der Waals surface area (Å²) in [5.41, 5.74) is 2.10. The van der Waals surface area contributed by atoms with Crippen LogP contribution in [-0.4, -0.2) is 31.7 Å². The van der Waals surface area contributed by atoms with Gasteiger partial charge in [-0.25, -0.2) is 0 Å². The van der Waals surface area contributed by atoms with E-state index >= 15 is 0 Å². The van der Waals surface area contributed by atoms with Crippen LogP contribution in [0.3, 0.4) is 0 Å². The van der Waals surface area contributed by atoms with E-state index in [2.05, 4.69) is 6.07 Å². The molecule has 3 rings (SSSR count). The summed E-state index contributed by atoms with van der Waals surface area (Å²) in [7, 11) is 0. The molecule has 1 aliphatic carbocycles. The Balaban J connectivity index is 1.70. The molecule has 0 amide bonds. The van der Waals surface area contributed by atoms with Crippen molar-refractivity contribution in [3.8, 4) is 0 Å². The van der Waals surface area contributed by atoms with E-state index in [4.69, 9.17) is 9.47 Å². The van der Waals surface area contributed by atoms with Gasteiger partial charge in [0.1, 0.15) is 0 Å². The molecule has 1 saturated heterocycles. The lowest BCUT2D eigenvalue weighted by molar-refractivity contribution is -0.0945. The van der Waals surface area contributed by atoms with Crippen molar-refractivity contribution in [2.24, 2.45) is 5.92 Å². The van der Waals surface area contributed by atoms with Crippen molar-refractivity contribution in [2.45, 2.75) is 25.4 Å². The van der Waals surface area contributed by atoms with Crippen LogP contribution >= 0.6 is 0 Å². The number of ether oxygens (including phenoxy) is 2. The number of ketones is 1. The summed E-state index contributed by atoms with van der Waals surface area (Å²) in [6.07, 6.45) is 2.83. The zero-order valence-corrected chi connectivity index (χ0v) is 10.4. The van der Waals surface area contributed by atoms with Crippen LogP contribution in [0.15, 0.2) is 24.3 Å². The molecule has 1 fully saturated rings. The molecule has 0 N–H and O–H groups in total. The number of aryl methyl sites for hydroxylation is 1. The van der Waals surface area contributed by atoms with Gasteiger partial charge in [-0.3, -0.25) is 4.79 Å². The number of Topliss-reactive ketones (excluding diaryl/α,β-unsaturated/α-hetero) is 1. The molecule has 1 aromatic carbocycles. The second kappa shape index (κ2) is 5.21. The Morgan fingerprint density at radius 1 is 1.22 bits per heavy atom. The zero-order valence-electron chi connectivity index (χ0n) is 10.4. The summed E-state index contributed by atoms with van der Waals surface area (Å²) in [6.45, 7) is 1.96. The van der Waals surface area contributed by atoms with Crippen molar-refractivity contribution in [1.29, 1.82) is 0 Å². The van der Waals surface area contributed by atoms with Gasteiger partial charge in [-0.15, -0.1) is 0 Å². The standard InChI is InChI=1S/C15H18O3/c16-15-12(9-13-10-17-7-8-18-13)6-5-11-3-1-2-4-14(11)15/h1-4,12-13H,5-10H2/t12-,13+/m0/s1. The molecule has 0 bridgehead atoms. The number of rotatable bonds is 2. The van der Waals surface area contributed by atoms with E-state index in [9.17, 15) is 4.79 Å². The van der Waals surface area contributed by atoms with E-state index in [0.717, 1.165) is 24.8 Å². The van der Waals surface area contributed by atoms with Crippen molar-refractivity contribution in [3.63, 3.8) is 0 Å². The summed E-state index contributed by atoms with van der Waals surface area (Å²) in [5.74, 6) is 0.387. The van der Waals surface area contributed by atoms with E-state index in [0.29, 0.717) is 19.8 Å². The van der Waals surface area contributed by atoms with E-state index in [-0.39, 0.29) is 17.8 Å². The minimum Gasteiger partial charge on any atom is -0.376 e. The second-order valence-electron chi connectivity index (χ2n) is 5.06. The molecule has 1 heterocycles. The maximum atomic E-state index is 12.4. The van der Waals surface area contributed by atoms with Gasteiger partial charge < -0.3 is 9.47 Å². The SMILES string of the molecule is O=C1c2ccccc2CC[C@H]1C[C@@H]1COCCO1. The highest BCUT2D eigenvalue weighted by molar-refractivity contribution is 6.00. The van der Waals surface area contributed by atoms with Crippen LogP contribution < -0.4 is 0 Å². The fraction of sp³-hybridized carbons (Fsp3) is 0.533. The van der Waals surface area contributed by atoms with Crippen LogP contribution in [0.4, 0.5) is 0 Å². The van der Waals surface area contributed by atoms with Gasteiger partial charge in [0.15, 0.2) is 5.78 Å². The van der Waals surface area contributed by atoms with Gasteiger partial charge in [-0.05, 0) is 24.8 Å². The van der Waals surface area contributed by atoms with Crippen LogP contribution in [-0.2, 0) is 15.9 Å². The lowest BCUT2D eigenvalue weighted by Gasteiger charge is -2.29. The second-order valence-corrected chi connectivity index (χ2v) is 5.06. The molecular formula is C15H18O3. The quantitative estimate of drug-likeness (QED) is 0.802. The predicted octanol–water partition coefficient (Wildman–Crippen LogP) is 2.24. The zero-order chi connectivity index (χ0) is 12.4. The van der Waals surface area contributed by atoms with Crippen molar-refractivity contribution >= 4 is 5.78 Å². The molecule has 1 aromatic rings. The van der Waals surface area contributed by atoms with Crippen molar-refractivity contribution < 1.29 is 14.3 Å². The summed E-state index contributed by atoms with van der Waals surface area (Å²) < 4.78 is 11.0. The number of hydrogen-bond acceptors (Lipinski definition) is 3. The molecule has 18 heavy (non-hydrogen) atoms. The molecule has 96 valence electrons. The number of fused-ring (bicyclic) bond motifs is 1. The van der Waals surface area contributed by atoms with E-state index in [1.807, 2.05) is 18.2 Å². The molecule has 2 atom stereocenters. The molecule has 0 radical (unpaired) electrons. The molecule has 0 spiro atoms. The van der Waals surface area contributed by atoms with Gasteiger partial charge in [0.2, 0.25) is 0 Å². The molecule has 3 heteroatoms. The Kier molecular flexibility index (Phi) is 3.43. The highest BCUT2D eigenvalue weighted by Crippen LogP contribution is 2.29. The first kappa shape index (κ1) is 11.9. The van der Waals surface area contributed by atoms with Crippen molar-refractivity contribution in [2.75, 3.05) is 19.8 Å². The topological polar surface area (TPSA) is 35.5 Å². The number of carbonyl (C=O) groups excluding carboxylic acids is 1. The predicted molar refractivity (Wildman–Crippen MR) is 67.8 cm³/mol. The smallest absolute Gasteiger partial charge is 0.166 e. The third kappa shape index (κ3) is 2.33. The van der Waals surface area contributed by atoms with Gasteiger partial charge in [0.25, 0.3) is 0 Å². The minimum absolute atomic E-state index is 0.0953. The molecular weight excluding hydrogens is 228 g/mol. The summed E-state index contributed by atoms with van der Waals surface area (Å²) >= 11 is 0. The third-order valence-electron chi connectivity index (χ3n) is 3.85. The fourth-order valence-electron chi connectivity index (χ4n) is 2.87. The number of benzene rings is 1. The van der Waals surface area contributed by atoms with Gasteiger partial charge >= 0.3 is 0 Å². The van der Waals surface area contributed by atoms with Crippen molar-refractivity contribution in [3.05, 3.63) is 35.4 Å². The van der Waals surface area contributed by atoms with Crippen LogP contribution in [0.25, 0.3) is 0 Å². The summed E-state index contributed by atoms with van der Waals surface area (Å²) in [5, 5.41) is 0. The van der Waals surface area contributed by atoms with Gasteiger partial charge in [-0.1, -0.05) is 24.3 Å². The number of carbonyl (C=O) groups is 1. The molecule has 2 aliphatic rings. The Bertz CT molecular complexity index is 435. The normalized spacial score (nSPS) is 27.9. The maximum Gasteiger partial charge on any atom is 0.166 e. The van der Waals surface area contributed by atoms with E-state index in [1.165, 1.54) is 5.56 Å². The third-order valence-corrected chi connectivity index (χ3v) is 3.85.